The predicted molar refractivity (Wildman–Crippen MR) is 54.8 cm³/mol. The van der Waals surface area contributed by atoms with E-state index in [1.165, 1.54) is 31.3 Å². The summed E-state index contributed by atoms with van der Waals surface area (Å²) in [6.07, 6.45) is 9.49. The molecule has 1 saturated carbocycles. The highest BCUT2D eigenvalue weighted by molar-refractivity contribution is 5.88. The lowest BCUT2D eigenvalue weighted by molar-refractivity contribution is -0.147. The van der Waals surface area contributed by atoms with Crippen LogP contribution in [-0.4, -0.2) is 23.9 Å². The molecule has 0 aromatic carbocycles. The number of fused-ring (bicyclic) bond motifs is 2. The molecule has 2 nitrogen and oxygen atoms in total. The molecule has 4 aliphatic rings. The summed E-state index contributed by atoms with van der Waals surface area (Å²) < 4.78 is 0. The van der Waals surface area contributed by atoms with Crippen molar-refractivity contribution in [2.24, 2.45) is 5.41 Å². The van der Waals surface area contributed by atoms with Gasteiger partial charge in [-0.15, -0.1) is 0 Å². The minimum Gasteiger partial charge on any atom is -0.339 e. The van der Waals surface area contributed by atoms with Gasteiger partial charge in [-0.3, -0.25) is 4.79 Å². The van der Waals surface area contributed by atoms with Crippen LogP contribution >= 0.6 is 0 Å². The second kappa shape index (κ2) is 2.62. The van der Waals surface area contributed by atoms with Crippen molar-refractivity contribution in [1.82, 2.24) is 4.90 Å². The van der Waals surface area contributed by atoms with Crippen molar-refractivity contribution in [3.8, 4) is 0 Å². The zero-order valence-corrected chi connectivity index (χ0v) is 8.75. The van der Waals surface area contributed by atoms with Crippen LogP contribution in [-0.2, 0) is 4.79 Å². The molecule has 0 N–H and O–H groups in total. The van der Waals surface area contributed by atoms with Gasteiger partial charge in [-0.25, -0.2) is 0 Å². The second-order valence-electron chi connectivity index (χ2n) is 5.00. The molecular weight excluding hydrogens is 174 g/mol. The molecule has 2 aliphatic carbocycles. The Balaban J connectivity index is 2.10. The van der Waals surface area contributed by atoms with E-state index < -0.39 is 0 Å². The topological polar surface area (TPSA) is 20.3 Å². The van der Waals surface area contributed by atoms with Crippen LogP contribution in [0.3, 0.4) is 0 Å². The largest absolute Gasteiger partial charge is 0.339 e. The van der Waals surface area contributed by atoms with Gasteiger partial charge in [0.15, 0.2) is 0 Å². The summed E-state index contributed by atoms with van der Waals surface area (Å²) in [4.78, 5) is 14.2. The maximum Gasteiger partial charge on any atom is 0.233 e. The first-order chi connectivity index (χ1) is 6.74. The lowest BCUT2D eigenvalue weighted by Crippen LogP contribution is -2.56. The molecule has 0 radical (unpaired) electrons. The second-order valence-corrected chi connectivity index (χ2v) is 5.00. The highest BCUT2D eigenvalue weighted by Crippen LogP contribution is 2.52. The zero-order chi connectivity index (χ0) is 9.76. The quantitative estimate of drug-likeness (QED) is 0.537. The van der Waals surface area contributed by atoms with Gasteiger partial charge in [0.25, 0.3) is 0 Å². The monoisotopic (exact) mass is 191 g/mol. The Labute approximate surface area is 85.0 Å². The molecule has 2 atom stereocenters. The summed E-state index contributed by atoms with van der Waals surface area (Å²) in [6, 6.07) is 0.414. The molecule has 2 aliphatic heterocycles. The summed E-state index contributed by atoms with van der Waals surface area (Å²) in [6.45, 7) is 0. The molecule has 4 rings (SSSR count). The van der Waals surface area contributed by atoms with Gasteiger partial charge in [0.05, 0.1) is 5.41 Å². The predicted octanol–water partition coefficient (Wildman–Crippen LogP) is 2.11. The molecule has 0 aromatic rings. The van der Waals surface area contributed by atoms with Gasteiger partial charge < -0.3 is 4.90 Å². The van der Waals surface area contributed by atoms with E-state index in [-0.39, 0.29) is 5.41 Å². The lowest BCUT2D eigenvalue weighted by atomic mass is 9.60. The molecule has 2 heteroatoms. The van der Waals surface area contributed by atoms with Crippen molar-refractivity contribution in [3.05, 3.63) is 11.6 Å². The lowest BCUT2D eigenvalue weighted by Gasteiger charge is -2.52. The number of hydrogen-bond acceptors (Lipinski definition) is 1. The van der Waals surface area contributed by atoms with Crippen molar-refractivity contribution in [3.63, 3.8) is 0 Å². The molecule has 14 heavy (non-hydrogen) atoms. The highest BCUT2D eigenvalue weighted by atomic mass is 16.2. The van der Waals surface area contributed by atoms with E-state index in [0.717, 1.165) is 12.8 Å². The van der Waals surface area contributed by atoms with Crippen molar-refractivity contribution < 1.29 is 4.79 Å². The van der Waals surface area contributed by atoms with Crippen molar-refractivity contribution in [2.45, 2.75) is 44.6 Å². The standard InChI is InChI=1S/C12H17NO/c1-13-10-5-7-12(11(13)14)6-3-2-4-9(12)8-10/h8,10H,2-7H2,1H3. The number of piperidine rings is 1. The van der Waals surface area contributed by atoms with Gasteiger partial charge in [-0.1, -0.05) is 18.1 Å². The number of hydrogen-bond donors (Lipinski definition) is 0. The smallest absolute Gasteiger partial charge is 0.233 e. The highest BCUT2D eigenvalue weighted by Gasteiger charge is 2.52. The van der Waals surface area contributed by atoms with E-state index in [2.05, 4.69) is 6.08 Å². The molecule has 2 fully saturated rings. The SMILES string of the molecule is CN1C(=O)C23CCCCC2=CC1CC3. The fourth-order valence-electron chi connectivity index (χ4n) is 3.53. The molecule has 2 heterocycles. The van der Waals surface area contributed by atoms with Gasteiger partial charge in [0, 0.05) is 13.1 Å². The minimum atomic E-state index is -0.0399. The Morgan fingerprint density at radius 1 is 1.43 bits per heavy atom. The van der Waals surface area contributed by atoms with Crippen LogP contribution in [0.5, 0.6) is 0 Å². The van der Waals surface area contributed by atoms with Crippen LogP contribution in [0, 0.1) is 5.41 Å². The van der Waals surface area contributed by atoms with E-state index in [0.29, 0.717) is 11.9 Å². The van der Waals surface area contributed by atoms with E-state index >= 15 is 0 Å². The van der Waals surface area contributed by atoms with Gasteiger partial charge in [-0.05, 0) is 32.1 Å². The van der Waals surface area contributed by atoms with E-state index in [4.69, 9.17) is 0 Å². The van der Waals surface area contributed by atoms with Gasteiger partial charge in [0.2, 0.25) is 5.91 Å². The number of carbonyl (C=O) groups excluding carboxylic acids is 1. The Bertz CT molecular complexity index is 320. The van der Waals surface area contributed by atoms with Crippen molar-refractivity contribution in [2.75, 3.05) is 7.05 Å². The van der Waals surface area contributed by atoms with Gasteiger partial charge >= 0.3 is 0 Å². The fourth-order valence-corrected chi connectivity index (χ4v) is 3.53. The number of amides is 1. The molecule has 1 saturated heterocycles. The third-order valence-corrected chi connectivity index (χ3v) is 4.40. The number of likely N-dealkylation sites (N-methyl/N-ethyl adjacent to an activating group) is 1. The average Bonchev–Trinajstić information content (AvgIpc) is 2.24. The Hall–Kier alpha value is -0.790. The zero-order valence-electron chi connectivity index (χ0n) is 8.75. The third-order valence-electron chi connectivity index (χ3n) is 4.40. The van der Waals surface area contributed by atoms with Crippen LogP contribution in [0.2, 0.25) is 0 Å². The van der Waals surface area contributed by atoms with E-state index in [1.807, 2.05) is 11.9 Å². The summed E-state index contributed by atoms with van der Waals surface area (Å²) in [5.74, 6) is 0.408. The first-order valence-corrected chi connectivity index (χ1v) is 5.72. The fraction of sp³-hybridized carbons (Fsp3) is 0.750. The van der Waals surface area contributed by atoms with Crippen LogP contribution in [0.4, 0.5) is 0 Å². The summed E-state index contributed by atoms with van der Waals surface area (Å²) in [5, 5.41) is 0. The van der Waals surface area contributed by atoms with Gasteiger partial charge in [0.1, 0.15) is 0 Å². The first kappa shape index (κ1) is 8.51. The number of carbonyl (C=O) groups is 1. The molecule has 2 bridgehead atoms. The van der Waals surface area contributed by atoms with E-state index in [9.17, 15) is 4.79 Å². The van der Waals surface area contributed by atoms with Crippen LogP contribution in [0.15, 0.2) is 11.6 Å². The minimum absolute atomic E-state index is 0.0399. The maximum absolute atomic E-state index is 12.2. The third kappa shape index (κ3) is 0.844. The van der Waals surface area contributed by atoms with Crippen molar-refractivity contribution >= 4 is 5.91 Å². The first-order valence-electron chi connectivity index (χ1n) is 5.72. The average molecular weight is 191 g/mol. The molecule has 1 spiro atoms. The summed E-state index contributed by atoms with van der Waals surface area (Å²) in [7, 11) is 1.97. The van der Waals surface area contributed by atoms with Crippen LogP contribution < -0.4 is 0 Å². The molecule has 1 amide bonds. The molecular formula is C12H17NO. The maximum atomic E-state index is 12.2. The summed E-state index contributed by atoms with van der Waals surface area (Å²) >= 11 is 0. The van der Waals surface area contributed by atoms with Gasteiger partial charge in [-0.2, -0.15) is 0 Å². The summed E-state index contributed by atoms with van der Waals surface area (Å²) in [5.41, 5.74) is 1.44. The molecule has 0 aromatic heterocycles. The van der Waals surface area contributed by atoms with Crippen molar-refractivity contribution in [1.29, 1.82) is 0 Å². The van der Waals surface area contributed by atoms with Crippen LogP contribution in [0.25, 0.3) is 0 Å². The number of rotatable bonds is 0. The van der Waals surface area contributed by atoms with Crippen LogP contribution in [0.1, 0.15) is 38.5 Å². The van der Waals surface area contributed by atoms with E-state index in [1.54, 1.807) is 0 Å². The molecule has 2 unspecified atom stereocenters. The Morgan fingerprint density at radius 2 is 2.29 bits per heavy atom. The Kier molecular flexibility index (Phi) is 1.59. The Morgan fingerprint density at radius 3 is 3.14 bits per heavy atom. The number of nitrogens with zero attached hydrogens (tertiary/aromatic N) is 1. The normalized spacial score (nSPS) is 40.9. The molecule has 76 valence electrons.